The average molecular weight is 254 g/mol. The Kier molecular flexibility index (Phi) is 5.93. The van der Waals surface area contributed by atoms with Gasteiger partial charge in [0, 0.05) is 12.6 Å². The van der Waals surface area contributed by atoms with Crippen LogP contribution in [0.1, 0.15) is 46.0 Å². The van der Waals surface area contributed by atoms with Crippen molar-refractivity contribution in [2.24, 2.45) is 0 Å². The minimum absolute atomic E-state index is 0.371. The van der Waals surface area contributed by atoms with Gasteiger partial charge in [0.05, 0.1) is 12.7 Å². The fourth-order valence-corrected chi connectivity index (χ4v) is 3.21. The van der Waals surface area contributed by atoms with E-state index in [1.165, 1.54) is 58.3 Å². The average Bonchev–Trinajstić information content (AvgIpc) is 2.40. The third-order valence-corrected chi connectivity index (χ3v) is 4.32. The highest BCUT2D eigenvalue weighted by atomic mass is 16.5. The molecule has 18 heavy (non-hydrogen) atoms. The van der Waals surface area contributed by atoms with Crippen LogP contribution >= 0.6 is 0 Å². The third kappa shape index (κ3) is 4.52. The highest BCUT2D eigenvalue weighted by Crippen LogP contribution is 2.20. The van der Waals surface area contributed by atoms with Crippen molar-refractivity contribution in [3.05, 3.63) is 0 Å². The zero-order valence-electron chi connectivity index (χ0n) is 12.2. The van der Waals surface area contributed by atoms with Gasteiger partial charge in [0.1, 0.15) is 0 Å². The molecule has 3 nitrogen and oxygen atoms in total. The number of hydrogen-bond acceptors (Lipinski definition) is 3. The first-order valence-electron chi connectivity index (χ1n) is 7.83. The first-order chi connectivity index (χ1) is 8.75. The standard InChI is InChI=1S/C15H30N2O/c1-14(2)18-13-12-16-10-6-15(7-11-16)17-8-4-3-5-9-17/h14-15H,3-13H2,1-2H3. The lowest BCUT2D eigenvalue weighted by Gasteiger charge is -2.40. The molecule has 2 aliphatic rings. The number of hydrogen-bond donors (Lipinski definition) is 0. The minimum atomic E-state index is 0.371. The van der Waals surface area contributed by atoms with Crippen molar-refractivity contribution in [1.29, 1.82) is 0 Å². The zero-order chi connectivity index (χ0) is 12.8. The number of ether oxygens (including phenoxy) is 1. The van der Waals surface area contributed by atoms with Crippen molar-refractivity contribution < 1.29 is 4.74 Å². The van der Waals surface area contributed by atoms with E-state index in [0.29, 0.717) is 6.10 Å². The normalized spacial score (nSPS) is 24.8. The summed E-state index contributed by atoms with van der Waals surface area (Å²) in [5.41, 5.74) is 0. The van der Waals surface area contributed by atoms with E-state index >= 15 is 0 Å². The lowest BCUT2D eigenvalue weighted by Crippen LogP contribution is -2.47. The Bertz CT molecular complexity index is 219. The van der Waals surface area contributed by atoms with Gasteiger partial charge in [-0.15, -0.1) is 0 Å². The van der Waals surface area contributed by atoms with Gasteiger partial charge in [-0.1, -0.05) is 6.42 Å². The summed E-state index contributed by atoms with van der Waals surface area (Å²) in [5.74, 6) is 0. The molecule has 0 bridgehead atoms. The van der Waals surface area contributed by atoms with Gasteiger partial charge >= 0.3 is 0 Å². The Morgan fingerprint density at radius 2 is 1.67 bits per heavy atom. The lowest BCUT2D eigenvalue weighted by atomic mass is 10.00. The van der Waals surface area contributed by atoms with Gasteiger partial charge in [-0.2, -0.15) is 0 Å². The summed E-state index contributed by atoms with van der Waals surface area (Å²) in [5, 5.41) is 0. The number of likely N-dealkylation sites (tertiary alicyclic amines) is 2. The van der Waals surface area contributed by atoms with Gasteiger partial charge in [0.2, 0.25) is 0 Å². The molecule has 0 saturated carbocycles. The van der Waals surface area contributed by atoms with Crippen molar-refractivity contribution >= 4 is 0 Å². The highest BCUT2D eigenvalue weighted by molar-refractivity contribution is 4.81. The van der Waals surface area contributed by atoms with Crippen molar-refractivity contribution in [2.45, 2.75) is 58.1 Å². The van der Waals surface area contributed by atoms with Crippen LogP contribution in [0.25, 0.3) is 0 Å². The van der Waals surface area contributed by atoms with Gasteiger partial charge in [0.15, 0.2) is 0 Å². The van der Waals surface area contributed by atoms with Crippen molar-refractivity contribution in [2.75, 3.05) is 39.3 Å². The Morgan fingerprint density at radius 3 is 2.28 bits per heavy atom. The summed E-state index contributed by atoms with van der Waals surface area (Å²) < 4.78 is 5.64. The largest absolute Gasteiger partial charge is 0.377 e. The highest BCUT2D eigenvalue weighted by Gasteiger charge is 2.25. The maximum atomic E-state index is 5.64. The maximum absolute atomic E-state index is 5.64. The molecule has 2 fully saturated rings. The number of nitrogens with zero attached hydrogens (tertiary/aromatic N) is 2. The number of piperidine rings is 2. The molecule has 0 unspecified atom stereocenters. The summed E-state index contributed by atoms with van der Waals surface area (Å²) in [6.45, 7) is 11.5. The Hall–Kier alpha value is -0.120. The molecule has 2 rings (SSSR count). The Labute approximate surface area is 112 Å². The van der Waals surface area contributed by atoms with Gasteiger partial charge in [-0.3, -0.25) is 0 Å². The molecule has 0 aromatic carbocycles. The maximum Gasteiger partial charge on any atom is 0.0596 e. The summed E-state index contributed by atoms with van der Waals surface area (Å²) in [6, 6.07) is 0.868. The Balaban J connectivity index is 1.61. The monoisotopic (exact) mass is 254 g/mol. The molecule has 0 atom stereocenters. The predicted octanol–water partition coefficient (Wildman–Crippen LogP) is 2.36. The van der Waals surface area contributed by atoms with Crippen LogP contribution < -0.4 is 0 Å². The lowest BCUT2D eigenvalue weighted by molar-refractivity contribution is 0.0408. The predicted molar refractivity (Wildman–Crippen MR) is 76.0 cm³/mol. The van der Waals surface area contributed by atoms with E-state index in [0.717, 1.165) is 19.2 Å². The van der Waals surface area contributed by atoms with Crippen LogP contribution in [-0.2, 0) is 4.74 Å². The molecule has 0 amide bonds. The fourth-order valence-electron chi connectivity index (χ4n) is 3.21. The van der Waals surface area contributed by atoms with E-state index in [2.05, 4.69) is 23.6 Å². The van der Waals surface area contributed by atoms with E-state index in [1.807, 2.05) is 0 Å². The zero-order valence-corrected chi connectivity index (χ0v) is 12.2. The van der Waals surface area contributed by atoms with Gasteiger partial charge < -0.3 is 14.5 Å². The summed E-state index contributed by atoms with van der Waals surface area (Å²) in [6.07, 6.45) is 7.38. The second-order valence-electron chi connectivity index (χ2n) is 6.09. The topological polar surface area (TPSA) is 15.7 Å². The van der Waals surface area contributed by atoms with E-state index < -0.39 is 0 Å². The van der Waals surface area contributed by atoms with E-state index in [9.17, 15) is 0 Å². The van der Waals surface area contributed by atoms with Crippen molar-refractivity contribution in [3.63, 3.8) is 0 Å². The van der Waals surface area contributed by atoms with Crippen LogP contribution in [-0.4, -0.2) is 61.3 Å². The molecule has 0 spiro atoms. The van der Waals surface area contributed by atoms with Crippen LogP contribution in [0.4, 0.5) is 0 Å². The van der Waals surface area contributed by atoms with E-state index in [-0.39, 0.29) is 0 Å². The van der Waals surface area contributed by atoms with Crippen molar-refractivity contribution in [3.8, 4) is 0 Å². The Morgan fingerprint density at radius 1 is 1.00 bits per heavy atom. The van der Waals surface area contributed by atoms with Crippen molar-refractivity contribution in [1.82, 2.24) is 9.80 Å². The van der Waals surface area contributed by atoms with Crippen LogP contribution in [0.3, 0.4) is 0 Å². The summed E-state index contributed by atoms with van der Waals surface area (Å²) in [4.78, 5) is 5.31. The molecule has 0 N–H and O–H groups in total. The fraction of sp³-hybridized carbons (Fsp3) is 1.00. The molecule has 3 heteroatoms. The molecule has 2 saturated heterocycles. The third-order valence-electron chi connectivity index (χ3n) is 4.32. The van der Waals surface area contributed by atoms with Gasteiger partial charge in [-0.25, -0.2) is 0 Å². The SMILES string of the molecule is CC(C)OCCN1CCC(N2CCCCC2)CC1. The molecule has 2 heterocycles. The molecule has 0 radical (unpaired) electrons. The molecule has 0 aliphatic carbocycles. The van der Waals surface area contributed by atoms with E-state index in [4.69, 9.17) is 4.74 Å². The quantitative estimate of drug-likeness (QED) is 0.749. The van der Waals surface area contributed by atoms with Crippen LogP contribution in [0.15, 0.2) is 0 Å². The molecule has 0 aromatic heterocycles. The van der Waals surface area contributed by atoms with Gasteiger partial charge in [0.25, 0.3) is 0 Å². The molecule has 106 valence electrons. The van der Waals surface area contributed by atoms with E-state index in [1.54, 1.807) is 0 Å². The molecule has 2 aliphatic heterocycles. The summed E-state index contributed by atoms with van der Waals surface area (Å²) >= 11 is 0. The molecular formula is C15H30N2O. The smallest absolute Gasteiger partial charge is 0.0596 e. The molecule has 0 aromatic rings. The van der Waals surface area contributed by atoms with Crippen LogP contribution in [0, 0.1) is 0 Å². The molecular weight excluding hydrogens is 224 g/mol. The number of rotatable bonds is 5. The minimum Gasteiger partial charge on any atom is -0.377 e. The second kappa shape index (κ2) is 7.46. The summed E-state index contributed by atoms with van der Waals surface area (Å²) in [7, 11) is 0. The van der Waals surface area contributed by atoms with Gasteiger partial charge in [-0.05, 0) is 65.7 Å². The first-order valence-corrected chi connectivity index (χ1v) is 7.83. The van der Waals surface area contributed by atoms with Crippen LogP contribution in [0.5, 0.6) is 0 Å². The van der Waals surface area contributed by atoms with Crippen LogP contribution in [0.2, 0.25) is 0 Å². The second-order valence-corrected chi connectivity index (χ2v) is 6.09. The first kappa shape index (κ1) is 14.3.